The second-order valence-corrected chi connectivity index (χ2v) is 4.86. The number of anilines is 1. The minimum absolute atomic E-state index is 0.245. The number of hydrogen-bond donors (Lipinski definition) is 1. The molecule has 0 atom stereocenters. The van der Waals surface area contributed by atoms with E-state index in [1.807, 2.05) is 6.92 Å². The van der Waals surface area contributed by atoms with Crippen molar-refractivity contribution in [2.75, 3.05) is 12.3 Å². The van der Waals surface area contributed by atoms with Crippen LogP contribution in [0.5, 0.6) is 5.75 Å². The molecule has 3 aromatic rings. The lowest BCUT2D eigenvalue weighted by Gasteiger charge is -2.05. The number of nitrogens with two attached hydrogens (primary N) is 1. The standard InChI is InChI=1S/C12H11FN4OS/c1-2-18-10-4-3-7(5-8(10)13)9-6-17-12(15-9)19-11(14)16-17/h3-6H,2H2,1H3,(H2,14,16). The van der Waals surface area contributed by atoms with Crippen LogP contribution in [0.25, 0.3) is 16.2 Å². The second-order valence-electron chi connectivity index (χ2n) is 3.87. The van der Waals surface area contributed by atoms with Crippen molar-refractivity contribution in [1.82, 2.24) is 14.6 Å². The molecule has 0 aliphatic rings. The van der Waals surface area contributed by atoms with Crippen molar-refractivity contribution in [2.45, 2.75) is 6.92 Å². The summed E-state index contributed by atoms with van der Waals surface area (Å²) in [7, 11) is 0. The summed E-state index contributed by atoms with van der Waals surface area (Å²) in [5.74, 6) is -0.155. The molecule has 5 nitrogen and oxygen atoms in total. The van der Waals surface area contributed by atoms with Gasteiger partial charge in [-0.15, -0.1) is 5.10 Å². The van der Waals surface area contributed by atoms with Gasteiger partial charge in [-0.3, -0.25) is 0 Å². The number of fused-ring (bicyclic) bond motifs is 1. The van der Waals surface area contributed by atoms with Crippen molar-refractivity contribution >= 4 is 21.4 Å². The fourth-order valence-corrected chi connectivity index (χ4v) is 2.43. The van der Waals surface area contributed by atoms with Gasteiger partial charge in [0, 0.05) is 5.56 Å². The molecular formula is C12H11FN4OS. The number of nitrogens with zero attached hydrogens (tertiary/aromatic N) is 3. The predicted molar refractivity (Wildman–Crippen MR) is 71.8 cm³/mol. The predicted octanol–water partition coefficient (Wildman–Crippen LogP) is 2.58. The lowest BCUT2D eigenvalue weighted by molar-refractivity contribution is 0.321. The zero-order valence-electron chi connectivity index (χ0n) is 10.1. The van der Waals surface area contributed by atoms with Crippen LogP contribution in [-0.2, 0) is 0 Å². The molecule has 2 N–H and O–H groups in total. The zero-order chi connectivity index (χ0) is 13.4. The van der Waals surface area contributed by atoms with Crippen molar-refractivity contribution in [1.29, 1.82) is 0 Å². The molecule has 0 fully saturated rings. The van der Waals surface area contributed by atoms with Crippen LogP contribution in [0.2, 0.25) is 0 Å². The molecule has 2 aromatic heterocycles. The lowest BCUT2D eigenvalue weighted by atomic mass is 10.1. The molecule has 7 heteroatoms. The Labute approximate surface area is 112 Å². The molecule has 0 unspecified atom stereocenters. The Balaban J connectivity index is 2.00. The third-order valence-electron chi connectivity index (χ3n) is 2.59. The highest BCUT2D eigenvalue weighted by atomic mass is 32.1. The normalized spacial score (nSPS) is 11.1. The average Bonchev–Trinajstić information content (AvgIpc) is 2.89. The van der Waals surface area contributed by atoms with Crippen molar-refractivity contribution in [2.24, 2.45) is 0 Å². The van der Waals surface area contributed by atoms with Crippen LogP contribution in [0.4, 0.5) is 9.52 Å². The molecule has 19 heavy (non-hydrogen) atoms. The average molecular weight is 278 g/mol. The van der Waals surface area contributed by atoms with Crippen LogP contribution in [0.3, 0.4) is 0 Å². The first kappa shape index (κ1) is 11.9. The van der Waals surface area contributed by atoms with Crippen LogP contribution in [0.15, 0.2) is 24.4 Å². The highest BCUT2D eigenvalue weighted by molar-refractivity contribution is 7.20. The van der Waals surface area contributed by atoms with E-state index in [0.717, 1.165) is 0 Å². The van der Waals surface area contributed by atoms with Gasteiger partial charge in [0.2, 0.25) is 10.1 Å². The van der Waals surface area contributed by atoms with E-state index in [1.54, 1.807) is 22.8 Å². The van der Waals surface area contributed by atoms with Gasteiger partial charge in [-0.1, -0.05) is 11.3 Å². The minimum Gasteiger partial charge on any atom is -0.491 e. The first-order valence-electron chi connectivity index (χ1n) is 5.72. The van der Waals surface area contributed by atoms with Crippen molar-refractivity contribution in [3.63, 3.8) is 0 Å². The van der Waals surface area contributed by atoms with Crippen LogP contribution >= 0.6 is 11.3 Å². The summed E-state index contributed by atoms with van der Waals surface area (Å²) in [5, 5.41) is 4.51. The van der Waals surface area contributed by atoms with E-state index in [0.29, 0.717) is 28.0 Å². The first-order valence-corrected chi connectivity index (χ1v) is 6.53. The minimum atomic E-state index is -0.400. The Hall–Kier alpha value is -2.15. The molecule has 0 aliphatic heterocycles. The van der Waals surface area contributed by atoms with Gasteiger partial charge in [0.1, 0.15) is 0 Å². The summed E-state index contributed by atoms with van der Waals surface area (Å²) in [6, 6.07) is 4.77. The van der Waals surface area contributed by atoms with E-state index >= 15 is 0 Å². The zero-order valence-corrected chi connectivity index (χ0v) is 10.9. The Kier molecular flexibility index (Phi) is 2.83. The maximum atomic E-state index is 13.8. The third-order valence-corrected chi connectivity index (χ3v) is 3.34. The monoisotopic (exact) mass is 278 g/mol. The van der Waals surface area contributed by atoms with Gasteiger partial charge in [0.15, 0.2) is 11.6 Å². The Morgan fingerprint density at radius 3 is 3.00 bits per heavy atom. The van der Waals surface area contributed by atoms with Gasteiger partial charge in [-0.05, 0) is 25.1 Å². The molecule has 0 aliphatic carbocycles. The van der Waals surface area contributed by atoms with Crippen molar-refractivity contribution < 1.29 is 9.13 Å². The van der Waals surface area contributed by atoms with E-state index in [-0.39, 0.29) is 5.75 Å². The van der Waals surface area contributed by atoms with E-state index in [2.05, 4.69) is 10.1 Å². The molecular weight excluding hydrogens is 267 g/mol. The smallest absolute Gasteiger partial charge is 0.214 e. The number of hydrogen-bond acceptors (Lipinski definition) is 5. The number of aromatic nitrogens is 3. The fourth-order valence-electron chi connectivity index (χ4n) is 1.79. The van der Waals surface area contributed by atoms with E-state index in [1.165, 1.54) is 17.4 Å². The molecule has 0 saturated heterocycles. The highest BCUT2D eigenvalue weighted by Crippen LogP contribution is 2.27. The van der Waals surface area contributed by atoms with E-state index in [9.17, 15) is 4.39 Å². The molecule has 0 bridgehead atoms. The van der Waals surface area contributed by atoms with Gasteiger partial charge >= 0.3 is 0 Å². The van der Waals surface area contributed by atoms with E-state index < -0.39 is 5.82 Å². The number of benzene rings is 1. The number of imidazole rings is 1. The molecule has 98 valence electrons. The van der Waals surface area contributed by atoms with Crippen LogP contribution in [0.1, 0.15) is 6.92 Å². The molecule has 3 rings (SSSR count). The summed E-state index contributed by atoms with van der Waals surface area (Å²) in [6.07, 6.45) is 1.72. The molecule has 0 amide bonds. The molecule has 0 spiro atoms. The van der Waals surface area contributed by atoms with Gasteiger partial charge in [0.05, 0.1) is 18.5 Å². The van der Waals surface area contributed by atoms with Crippen molar-refractivity contribution in [3.8, 4) is 17.0 Å². The first-order chi connectivity index (χ1) is 9.17. The highest BCUT2D eigenvalue weighted by Gasteiger charge is 2.11. The quantitative estimate of drug-likeness (QED) is 0.799. The summed E-state index contributed by atoms with van der Waals surface area (Å²) in [6.45, 7) is 2.24. The number of nitrogen functional groups attached to an aromatic ring is 1. The summed E-state index contributed by atoms with van der Waals surface area (Å²) in [4.78, 5) is 5.03. The largest absolute Gasteiger partial charge is 0.491 e. The van der Waals surface area contributed by atoms with Crippen LogP contribution in [0, 0.1) is 5.82 Å². The number of rotatable bonds is 3. The fraction of sp³-hybridized carbons (Fsp3) is 0.167. The summed E-state index contributed by atoms with van der Waals surface area (Å²) >= 11 is 1.28. The van der Waals surface area contributed by atoms with Gasteiger partial charge in [-0.2, -0.15) is 0 Å². The summed E-state index contributed by atoms with van der Waals surface area (Å²) < 4.78 is 20.5. The molecule has 2 heterocycles. The summed E-state index contributed by atoms with van der Waals surface area (Å²) in [5.41, 5.74) is 6.90. The topological polar surface area (TPSA) is 65.4 Å². The Morgan fingerprint density at radius 2 is 2.32 bits per heavy atom. The maximum absolute atomic E-state index is 13.8. The van der Waals surface area contributed by atoms with Crippen LogP contribution < -0.4 is 10.5 Å². The third kappa shape index (κ3) is 2.12. The second kappa shape index (κ2) is 4.51. The van der Waals surface area contributed by atoms with Gasteiger partial charge in [0.25, 0.3) is 0 Å². The van der Waals surface area contributed by atoms with Crippen molar-refractivity contribution in [3.05, 3.63) is 30.2 Å². The molecule has 0 saturated carbocycles. The maximum Gasteiger partial charge on any atom is 0.214 e. The SMILES string of the molecule is CCOc1ccc(-c2cn3nc(N)sc3n2)cc1F. The van der Waals surface area contributed by atoms with Crippen LogP contribution in [-0.4, -0.2) is 21.2 Å². The van der Waals surface area contributed by atoms with E-state index in [4.69, 9.17) is 10.5 Å². The van der Waals surface area contributed by atoms with Gasteiger partial charge in [-0.25, -0.2) is 13.9 Å². The van der Waals surface area contributed by atoms with Gasteiger partial charge < -0.3 is 10.5 Å². The molecule has 0 radical (unpaired) electrons. The Morgan fingerprint density at radius 1 is 1.47 bits per heavy atom. The Bertz CT molecular complexity index is 705. The molecule has 1 aromatic carbocycles. The lowest BCUT2D eigenvalue weighted by Crippen LogP contribution is -1.94. The number of halogens is 1. The number of ether oxygens (including phenoxy) is 1.